The van der Waals surface area contributed by atoms with E-state index in [0.717, 1.165) is 18.5 Å². The summed E-state index contributed by atoms with van der Waals surface area (Å²) >= 11 is 0. The number of rotatable bonds is 7. The van der Waals surface area contributed by atoms with Crippen LogP contribution in [-0.2, 0) is 24.8 Å². The molecule has 2 rings (SSSR count). The van der Waals surface area contributed by atoms with E-state index in [9.17, 15) is 4.79 Å². The minimum atomic E-state index is -0.766. The second-order valence-corrected chi connectivity index (χ2v) is 4.20. The number of hydrogen-bond acceptors (Lipinski definition) is 6. The normalized spacial score (nSPS) is 10.8. The number of carbonyl (C=O) groups is 1. The molecular weight excluding hydrogens is 250 g/mol. The summed E-state index contributed by atoms with van der Waals surface area (Å²) in [7, 11) is 1.70. The molecule has 19 heavy (non-hydrogen) atoms. The van der Waals surface area contributed by atoms with Crippen molar-refractivity contribution >= 4 is 5.97 Å². The van der Waals surface area contributed by atoms with Gasteiger partial charge in [0.05, 0.1) is 12.7 Å². The van der Waals surface area contributed by atoms with Gasteiger partial charge in [0.1, 0.15) is 6.54 Å². The number of carboxylic acids is 1. The van der Waals surface area contributed by atoms with Crippen LogP contribution < -0.4 is 0 Å². The molecule has 0 aliphatic rings. The fourth-order valence-corrected chi connectivity index (χ4v) is 1.64. The number of unbranched alkanes of at least 4 members (excludes halogenated alkanes) is 1. The molecule has 0 atom stereocenters. The van der Waals surface area contributed by atoms with Crippen molar-refractivity contribution in [2.45, 2.75) is 32.2 Å². The number of nitrogens with zero attached hydrogens (tertiary/aromatic N) is 7. The third-order valence-electron chi connectivity index (χ3n) is 2.51. The van der Waals surface area contributed by atoms with Crippen LogP contribution in [0.15, 0.2) is 6.20 Å². The molecule has 0 amide bonds. The molecule has 2 heterocycles. The van der Waals surface area contributed by atoms with Crippen molar-refractivity contribution in [3.8, 4) is 0 Å². The van der Waals surface area contributed by atoms with E-state index in [2.05, 4.69) is 25.7 Å². The molecule has 2 aromatic heterocycles. The van der Waals surface area contributed by atoms with Gasteiger partial charge in [0.15, 0.2) is 5.82 Å². The van der Waals surface area contributed by atoms with Crippen LogP contribution in [-0.4, -0.2) is 46.3 Å². The predicted molar refractivity (Wildman–Crippen MR) is 63.1 cm³/mol. The zero-order valence-electron chi connectivity index (χ0n) is 10.6. The molecule has 0 fully saturated rings. The summed E-state index contributed by atoms with van der Waals surface area (Å²) in [6, 6.07) is 0. The molecule has 0 aliphatic carbocycles. The molecular formula is C10H15N7O2. The monoisotopic (exact) mass is 265 g/mol. The lowest BCUT2D eigenvalue weighted by molar-refractivity contribution is -0.137. The highest BCUT2D eigenvalue weighted by molar-refractivity contribution is 5.66. The first-order chi connectivity index (χ1) is 9.13. The van der Waals surface area contributed by atoms with E-state index in [-0.39, 0.29) is 6.42 Å². The van der Waals surface area contributed by atoms with E-state index in [1.54, 1.807) is 11.7 Å². The van der Waals surface area contributed by atoms with Gasteiger partial charge in [-0.05, 0) is 24.5 Å². The average Bonchev–Trinajstić information content (AvgIpc) is 2.95. The molecule has 1 N–H and O–H groups in total. The number of aromatic nitrogens is 7. The molecule has 0 aliphatic heterocycles. The largest absolute Gasteiger partial charge is 0.481 e. The van der Waals surface area contributed by atoms with E-state index in [0.29, 0.717) is 18.8 Å². The molecule has 9 nitrogen and oxygen atoms in total. The molecule has 0 saturated heterocycles. The average molecular weight is 265 g/mol. The van der Waals surface area contributed by atoms with Gasteiger partial charge < -0.3 is 5.11 Å². The Labute approximate surface area is 109 Å². The maximum absolute atomic E-state index is 10.4. The maximum Gasteiger partial charge on any atom is 0.303 e. The highest BCUT2D eigenvalue weighted by atomic mass is 16.4. The van der Waals surface area contributed by atoms with Crippen molar-refractivity contribution in [2.24, 2.45) is 7.05 Å². The van der Waals surface area contributed by atoms with Crippen molar-refractivity contribution in [2.75, 3.05) is 0 Å². The Morgan fingerprint density at radius 3 is 2.84 bits per heavy atom. The van der Waals surface area contributed by atoms with Crippen LogP contribution in [0.3, 0.4) is 0 Å². The predicted octanol–water partition coefficient (Wildman–Crippen LogP) is -0.353. The SMILES string of the molecule is Cn1nnc(Cn2cc(CCCCC(=O)O)nn2)n1. The third kappa shape index (κ3) is 4.12. The van der Waals surface area contributed by atoms with Gasteiger partial charge in [0.2, 0.25) is 0 Å². The van der Waals surface area contributed by atoms with Gasteiger partial charge in [-0.15, -0.1) is 15.3 Å². The van der Waals surface area contributed by atoms with E-state index in [1.165, 1.54) is 4.80 Å². The smallest absolute Gasteiger partial charge is 0.303 e. The summed E-state index contributed by atoms with van der Waals surface area (Å²) in [4.78, 5) is 11.8. The topological polar surface area (TPSA) is 112 Å². The highest BCUT2D eigenvalue weighted by Crippen LogP contribution is 2.04. The van der Waals surface area contributed by atoms with Crippen LogP contribution in [0.4, 0.5) is 0 Å². The van der Waals surface area contributed by atoms with E-state index >= 15 is 0 Å². The van der Waals surface area contributed by atoms with E-state index in [1.807, 2.05) is 6.20 Å². The standard InChI is InChI=1S/C10H15N7O2/c1-16-13-9(12-14-16)7-17-6-8(11-15-17)4-2-3-5-10(18)19/h6H,2-5,7H2,1H3,(H,18,19). The molecule has 0 saturated carbocycles. The van der Waals surface area contributed by atoms with Crippen LogP contribution in [0.2, 0.25) is 0 Å². The summed E-state index contributed by atoms with van der Waals surface area (Å²) in [5, 5.41) is 28.2. The first-order valence-electron chi connectivity index (χ1n) is 5.97. The third-order valence-corrected chi connectivity index (χ3v) is 2.51. The Kier molecular flexibility index (Phi) is 4.16. The fraction of sp³-hybridized carbons (Fsp3) is 0.600. The van der Waals surface area contributed by atoms with Gasteiger partial charge in [-0.1, -0.05) is 5.21 Å². The zero-order valence-corrected chi connectivity index (χ0v) is 10.6. The van der Waals surface area contributed by atoms with Gasteiger partial charge >= 0.3 is 5.97 Å². The second kappa shape index (κ2) is 6.03. The lowest BCUT2D eigenvalue weighted by atomic mass is 10.1. The zero-order chi connectivity index (χ0) is 13.7. The van der Waals surface area contributed by atoms with Crippen molar-refractivity contribution in [1.29, 1.82) is 0 Å². The molecule has 0 aromatic carbocycles. The number of carboxylic acid groups (broad SMARTS) is 1. The molecule has 0 spiro atoms. The first kappa shape index (κ1) is 13.1. The van der Waals surface area contributed by atoms with Crippen LogP contribution in [0, 0.1) is 0 Å². The maximum atomic E-state index is 10.4. The Morgan fingerprint density at radius 2 is 2.16 bits per heavy atom. The minimum Gasteiger partial charge on any atom is -0.481 e. The molecule has 0 bridgehead atoms. The number of hydrogen-bond donors (Lipinski definition) is 1. The van der Waals surface area contributed by atoms with Crippen LogP contribution in [0.1, 0.15) is 30.8 Å². The molecule has 0 radical (unpaired) electrons. The highest BCUT2D eigenvalue weighted by Gasteiger charge is 2.05. The minimum absolute atomic E-state index is 0.192. The lowest BCUT2D eigenvalue weighted by Gasteiger charge is -1.95. The summed E-state index contributed by atoms with van der Waals surface area (Å²) < 4.78 is 1.64. The van der Waals surface area contributed by atoms with Crippen LogP contribution in [0.25, 0.3) is 0 Å². The van der Waals surface area contributed by atoms with Gasteiger partial charge in [-0.3, -0.25) is 4.79 Å². The van der Waals surface area contributed by atoms with Crippen molar-refractivity contribution in [3.05, 3.63) is 17.7 Å². The molecule has 102 valence electrons. The Hall–Kier alpha value is -2.32. The number of aliphatic carboxylic acids is 1. The summed E-state index contributed by atoms with van der Waals surface area (Å²) in [5.41, 5.74) is 0.842. The Balaban J connectivity index is 1.80. The molecule has 0 unspecified atom stereocenters. The summed E-state index contributed by atoms with van der Waals surface area (Å²) in [6.07, 6.45) is 4.16. The second-order valence-electron chi connectivity index (χ2n) is 4.20. The van der Waals surface area contributed by atoms with Gasteiger partial charge in [0.25, 0.3) is 0 Å². The van der Waals surface area contributed by atoms with E-state index in [4.69, 9.17) is 5.11 Å². The van der Waals surface area contributed by atoms with Crippen LogP contribution in [0.5, 0.6) is 0 Å². The van der Waals surface area contributed by atoms with Gasteiger partial charge in [-0.25, -0.2) is 4.68 Å². The summed E-state index contributed by atoms with van der Waals surface area (Å²) in [6.45, 7) is 0.427. The number of tetrazole rings is 1. The molecule has 2 aromatic rings. The van der Waals surface area contributed by atoms with Crippen molar-refractivity contribution < 1.29 is 9.90 Å². The number of aryl methyl sites for hydroxylation is 2. The Bertz CT molecular complexity index is 548. The first-order valence-corrected chi connectivity index (χ1v) is 5.97. The molecule has 9 heteroatoms. The quantitative estimate of drug-likeness (QED) is 0.681. The van der Waals surface area contributed by atoms with Gasteiger partial charge in [-0.2, -0.15) is 4.80 Å². The van der Waals surface area contributed by atoms with E-state index < -0.39 is 5.97 Å². The summed E-state index contributed by atoms with van der Waals surface area (Å²) in [5.74, 6) is -0.192. The fourth-order valence-electron chi connectivity index (χ4n) is 1.64. The van der Waals surface area contributed by atoms with Crippen molar-refractivity contribution in [1.82, 2.24) is 35.2 Å². The van der Waals surface area contributed by atoms with Crippen LogP contribution >= 0.6 is 0 Å². The van der Waals surface area contributed by atoms with Crippen molar-refractivity contribution in [3.63, 3.8) is 0 Å². The van der Waals surface area contributed by atoms with Gasteiger partial charge in [0, 0.05) is 12.6 Å². The lowest BCUT2D eigenvalue weighted by Crippen LogP contribution is -2.03. The Morgan fingerprint density at radius 1 is 1.32 bits per heavy atom.